The topological polar surface area (TPSA) is 21.3 Å². The fourth-order valence-electron chi connectivity index (χ4n) is 1.84. The first-order valence-corrected chi connectivity index (χ1v) is 7.22. The van der Waals surface area contributed by atoms with Crippen LogP contribution in [0.2, 0.25) is 0 Å². The highest BCUT2D eigenvalue weighted by molar-refractivity contribution is 9.10. The van der Waals surface area contributed by atoms with Crippen molar-refractivity contribution in [3.63, 3.8) is 0 Å². The van der Waals surface area contributed by atoms with Crippen LogP contribution in [-0.4, -0.2) is 26.8 Å². The van der Waals surface area contributed by atoms with E-state index in [1.165, 1.54) is 9.35 Å². The van der Waals surface area contributed by atoms with Gasteiger partial charge in [-0.1, -0.05) is 6.92 Å². The van der Waals surface area contributed by atoms with E-state index in [-0.39, 0.29) is 0 Å². The molecule has 0 aliphatic rings. The van der Waals surface area contributed by atoms with Crippen LogP contribution in [0, 0.1) is 5.92 Å². The third-order valence-electron chi connectivity index (χ3n) is 2.67. The standard InChI is InChI=1S/C12H20BrNOS/c1-9(8-15-3)6-10(14-2)7-12-11(13)4-5-16-12/h4-5,9-10,14H,6-8H2,1-3H3. The van der Waals surface area contributed by atoms with E-state index in [4.69, 9.17) is 4.74 Å². The molecule has 0 fully saturated rings. The number of rotatable bonds is 7. The summed E-state index contributed by atoms with van der Waals surface area (Å²) in [5.74, 6) is 0.598. The van der Waals surface area contributed by atoms with Gasteiger partial charge in [0.15, 0.2) is 0 Å². The first-order chi connectivity index (χ1) is 7.67. The van der Waals surface area contributed by atoms with Crippen molar-refractivity contribution in [1.82, 2.24) is 5.32 Å². The van der Waals surface area contributed by atoms with Crippen LogP contribution in [0.1, 0.15) is 18.2 Å². The molecule has 0 aliphatic heterocycles. The van der Waals surface area contributed by atoms with Crippen molar-refractivity contribution in [2.45, 2.75) is 25.8 Å². The number of thiophene rings is 1. The maximum atomic E-state index is 5.17. The van der Waals surface area contributed by atoms with Gasteiger partial charge in [0.2, 0.25) is 0 Å². The summed E-state index contributed by atoms with van der Waals surface area (Å²) in [4.78, 5) is 1.42. The van der Waals surface area contributed by atoms with E-state index in [9.17, 15) is 0 Å². The fourth-order valence-corrected chi connectivity index (χ4v) is 3.43. The highest BCUT2D eigenvalue weighted by atomic mass is 79.9. The summed E-state index contributed by atoms with van der Waals surface area (Å²) < 4.78 is 6.41. The normalized spacial score (nSPS) is 15.0. The molecule has 1 aromatic rings. The molecule has 0 amide bonds. The minimum absolute atomic E-state index is 0.528. The second kappa shape index (κ2) is 7.43. The number of likely N-dealkylation sites (N-methyl/N-ethyl adjacent to an activating group) is 1. The van der Waals surface area contributed by atoms with Crippen LogP contribution in [0.3, 0.4) is 0 Å². The zero-order chi connectivity index (χ0) is 12.0. The zero-order valence-electron chi connectivity index (χ0n) is 10.1. The molecule has 4 heteroatoms. The quantitative estimate of drug-likeness (QED) is 0.834. The monoisotopic (exact) mass is 305 g/mol. The molecule has 1 aromatic heterocycles. The zero-order valence-corrected chi connectivity index (χ0v) is 12.5. The van der Waals surface area contributed by atoms with Crippen LogP contribution in [-0.2, 0) is 11.2 Å². The number of hydrogen-bond acceptors (Lipinski definition) is 3. The largest absolute Gasteiger partial charge is 0.384 e. The Labute approximate surface area is 111 Å². The van der Waals surface area contributed by atoms with Gasteiger partial charge in [-0.05, 0) is 53.2 Å². The van der Waals surface area contributed by atoms with E-state index in [1.807, 2.05) is 18.4 Å². The highest BCUT2D eigenvalue weighted by Gasteiger charge is 2.14. The highest BCUT2D eigenvalue weighted by Crippen LogP contribution is 2.25. The Kier molecular flexibility index (Phi) is 6.58. The number of ether oxygens (including phenoxy) is 1. The van der Waals surface area contributed by atoms with Gasteiger partial charge in [0.25, 0.3) is 0 Å². The van der Waals surface area contributed by atoms with E-state index in [0.29, 0.717) is 12.0 Å². The molecule has 16 heavy (non-hydrogen) atoms. The van der Waals surface area contributed by atoms with Crippen molar-refractivity contribution in [2.24, 2.45) is 5.92 Å². The lowest BCUT2D eigenvalue weighted by molar-refractivity contribution is 0.150. The summed E-state index contributed by atoms with van der Waals surface area (Å²) in [7, 11) is 3.80. The minimum atomic E-state index is 0.528. The summed E-state index contributed by atoms with van der Waals surface area (Å²) in [6.07, 6.45) is 2.23. The van der Waals surface area contributed by atoms with E-state index >= 15 is 0 Å². The molecule has 0 spiro atoms. The van der Waals surface area contributed by atoms with Gasteiger partial charge in [-0.25, -0.2) is 0 Å². The summed E-state index contributed by atoms with van der Waals surface area (Å²) >= 11 is 5.39. The molecule has 0 saturated heterocycles. The molecular formula is C12H20BrNOS. The summed E-state index contributed by atoms with van der Waals surface area (Å²) in [6.45, 7) is 3.07. The second-order valence-electron chi connectivity index (χ2n) is 4.18. The summed E-state index contributed by atoms with van der Waals surface area (Å²) in [5.41, 5.74) is 0. The molecule has 0 bridgehead atoms. The summed E-state index contributed by atoms with van der Waals surface area (Å²) in [5, 5.41) is 5.52. The molecular weight excluding hydrogens is 286 g/mol. The first-order valence-electron chi connectivity index (χ1n) is 5.55. The second-order valence-corrected chi connectivity index (χ2v) is 6.03. The lowest BCUT2D eigenvalue weighted by Gasteiger charge is -2.19. The van der Waals surface area contributed by atoms with Crippen LogP contribution < -0.4 is 5.32 Å². The molecule has 2 nitrogen and oxygen atoms in total. The first kappa shape index (κ1) is 14.2. The Morgan fingerprint density at radius 2 is 2.31 bits per heavy atom. The summed E-state index contributed by atoms with van der Waals surface area (Å²) in [6, 6.07) is 2.64. The average Bonchev–Trinajstić information content (AvgIpc) is 2.64. The van der Waals surface area contributed by atoms with Crippen molar-refractivity contribution in [3.05, 3.63) is 20.8 Å². The van der Waals surface area contributed by atoms with Gasteiger partial charge < -0.3 is 10.1 Å². The van der Waals surface area contributed by atoms with Crippen molar-refractivity contribution in [3.8, 4) is 0 Å². The van der Waals surface area contributed by atoms with Crippen LogP contribution in [0.15, 0.2) is 15.9 Å². The van der Waals surface area contributed by atoms with Gasteiger partial charge in [-0.3, -0.25) is 0 Å². The van der Waals surface area contributed by atoms with Crippen LogP contribution in [0.25, 0.3) is 0 Å². The molecule has 0 aromatic carbocycles. The molecule has 92 valence electrons. The molecule has 2 atom stereocenters. The smallest absolute Gasteiger partial charge is 0.0488 e. The Hall–Kier alpha value is 0.1000. The fraction of sp³-hybridized carbons (Fsp3) is 0.667. The van der Waals surface area contributed by atoms with Gasteiger partial charge in [-0.2, -0.15) is 0 Å². The van der Waals surface area contributed by atoms with Crippen LogP contribution in [0.4, 0.5) is 0 Å². The lowest BCUT2D eigenvalue weighted by Crippen LogP contribution is -2.30. The molecule has 1 rings (SSSR count). The Balaban J connectivity index is 2.46. The Bertz CT molecular complexity index is 303. The maximum absolute atomic E-state index is 5.17. The van der Waals surface area contributed by atoms with Crippen molar-refractivity contribution < 1.29 is 4.74 Å². The molecule has 0 radical (unpaired) electrons. The van der Waals surface area contributed by atoms with Crippen molar-refractivity contribution >= 4 is 27.3 Å². The Morgan fingerprint density at radius 1 is 1.56 bits per heavy atom. The molecule has 2 unspecified atom stereocenters. The van der Waals surface area contributed by atoms with Gasteiger partial charge in [0, 0.05) is 29.1 Å². The molecule has 0 saturated carbocycles. The average molecular weight is 306 g/mol. The molecule has 1 heterocycles. The van der Waals surface area contributed by atoms with Crippen molar-refractivity contribution in [1.29, 1.82) is 0 Å². The van der Waals surface area contributed by atoms with Gasteiger partial charge in [-0.15, -0.1) is 11.3 Å². The Morgan fingerprint density at radius 3 is 2.81 bits per heavy atom. The van der Waals surface area contributed by atoms with Crippen LogP contribution in [0.5, 0.6) is 0 Å². The third kappa shape index (κ3) is 4.53. The number of hydrogen-bond donors (Lipinski definition) is 1. The third-order valence-corrected chi connectivity index (χ3v) is 4.62. The molecule has 1 N–H and O–H groups in total. The van der Waals surface area contributed by atoms with Gasteiger partial charge in [0.1, 0.15) is 0 Å². The molecule has 0 aliphatic carbocycles. The lowest BCUT2D eigenvalue weighted by atomic mass is 10.00. The number of methoxy groups -OCH3 is 1. The predicted molar refractivity (Wildman–Crippen MR) is 74.2 cm³/mol. The van der Waals surface area contributed by atoms with E-state index in [2.05, 4.69) is 39.6 Å². The minimum Gasteiger partial charge on any atom is -0.384 e. The maximum Gasteiger partial charge on any atom is 0.0488 e. The number of nitrogens with one attached hydrogen (secondary N) is 1. The van der Waals surface area contributed by atoms with Crippen molar-refractivity contribution in [2.75, 3.05) is 20.8 Å². The van der Waals surface area contributed by atoms with Gasteiger partial charge >= 0.3 is 0 Å². The van der Waals surface area contributed by atoms with Gasteiger partial charge in [0.05, 0.1) is 0 Å². The predicted octanol–water partition coefficient (Wildman–Crippen LogP) is 3.31. The van der Waals surface area contributed by atoms with E-state index < -0.39 is 0 Å². The SMILES string of the molecule is CNC(Cc1sccc1Br)CC(C)COC. The van der Waals surface area contributed by atoms with E-state index in [1.54, 1.807) is 7.11 Å². The number of halogens is 1. The van der Waals surface area contributed by atoms with Crippen LogP contribution >= 0.6 is 27.3 Å². The van der Waals surface area contributed by atoms with E-state index in [0.717, 1.165) is 19.4 Å².